The minimum atomic E-state index is 0.742. The average Bonchev–Trinajstić information content (AvgIpc) is 2.59. The summed E-state index contributed by atoms with van der Waals surface area (Å²) in [5.41, 5.74) is 1.43. The lowest BCUT2D eigenvalue weighted by Gasteiger charge is -2.12. The van der Waals surface area contributed by atoms with Gasteiger partial charge in [-0.15, -0.1) is 11.3 Å². The van der Waals surface area contributed by atoms with Gasteiger partial charge in [-0.25, -0.2) is 4.98 Å². The van der Waals surface area contributed by atoms with E-state index in [1.807, 2.05) is 11.3 Å². The van der Waals surface area contributed by atoms with E-state index in [2.05, 4.69) is 20.8 Å². The maximum atomic E-state index is 4.73. The molecule has 0 aromatic carbocycles. The highest BCUT2D eigenvalue weighted by Crippen LogP contribution is 2.40. The molecule has 0 aliphatic heterocycles. The van der Waals surface area contributed by atoms with Crippen LogP contribution in [0.4, 0.5) is 0 Å². The quantitative estimate of drug-likeness (QED) is 0.705. The van der Waals surface area contributed by atoms with Gasteiger partial charge in [0, 0.05) is 10.8 Å². The Kier molecular flexibility index (Phi) is 2.41. The predicted octanol–water partition coefficient (Wildman–Crippen LogP) is 3.39. The molecule has 0 bridgehead atoms. The van der Waals surface area contributed by atoms with Crippen LogP contribution in [-0.4, -0.2) is 4.98 Å². The molecule has 0 radical (unpaired) electrons. The first-order chi connectivity index (χ1) is 6.22. The molecule has 0 N–H and O–H groups in total. The highest BCUT2D eigenvalue weighted by atomic mass is 32.1. The van der Waals surface area contributed by atoms with Gasteiger partial charge in [0.2, 0.25) is 0 Å². The second kappa shape index (κ2) is 3.41. The summed E-state index contributed by atoms with van der Waals surface area (Å²) in [4.78, 5) is 6.30. The number of aryl methyl sites for hydroxylation is 2. The van der Waals surface area contributed by atoms with Crippen molar-refractivity contribution in [3.05, 3.63) is 15.6 Å². The molecule has 1 nitrogen and oxygen atoms in total. The third-order valence-electron chi connectivity index (χ3n) is 2.91. The Hall–Kier alpha value is -0.370. The fourth-order valence-electron chi connectivity index (χ4n) is 2.11. The van der Waals surface area contributed by atoms with E-state index in [0.29, 0.717) is 0 Å². The molecule has 0 spiro atoms. The molecule has 72 valence electrons. The van der Waals surface area contributed by atoms with Gasteiger partial charge in [0.05, 0.1) is 10.7 Å². The van der Waals surface area contributed by atoms with Crippen LogP contribution in [-0.2, 0) is 12.8 Å². The Morgan fingerprint density at radius 3 is 2.92 bits per heavy atom. The van der Waals surface area contributed by atoms with Crippen LogP contribution in [0.25, 0.3) is 0 Å². The van der Waals surface area contributed by atoms with Crippen LogP contribution in [0.1, 0.15) is 48.7 Å². The number of nitrogens with zero attached hydrogens (tertiary/aromatic N) is 1. The molecule has 0 saturated heterocycles. The van der Waals surface area contributed by atoms with Gasteiger partial charge >= 0.3 is 0 Å². The lowest BCUT2D eigenvalue weighted by Crippen LogP contribution is -2.03. The molecule has 2 rings (SSSR count). The van der Waals surface area contributed by atoms with Crippen LogP contribution in [0.5, 0.6) is 0 Å². The molecule has 1 atom stereocenters. The number of rotatable bonds is 2. The molecule has 1 aromatic heterocycles. The standard InChI is InChI=1S/C11H17NS/c1-4-10-12-11-8(7(2)3)5-6-9(11)13-10/h7-8H,4-6H2,1-3H3. The van der Waals surface area contributed by atoms with Crippen LogP contribution in [0.3, 0.4) is 0 Å². The Morgan fingerprint density at radius 1 is 1.54 bits per heavy atom. The van der Waals surface area contributed by atoms with E-state index in [0.717, 1.165) is 18.3 Å². The second-order valence-electron chi connectivity index (χ2n) is 4.16. The van der Waals surface area contributed by atoms with Crippen molar-refractivity contribution in [2.24, 2.45) is 5.92 Å². The normalized spacial score (nSPS) is 21.1. The van der Waals surface area contributed by atoms with Crippen LogP contribution < -0.4 is 0 Å². The van der Waals surface area contributed by atoms with E-state index in [1.165, 1.54) is 23.5 Å². The number of thiazole rings is 1. The van der Waals surface area contributed by atoms with Gasteiger partial charge in [-0.2, -0.15) is 0 Å². The first kappa shape index (κ1) is 9.20. The Labute approximate surface area is 84.2 Å². The molecule has 1 aromatic rings. The monoisotopic (exact) mass is 195 g/mol. The Morgan fingerprint density at radius 2 is 2.31 bits per heavy atom. The van der Waals surface area contributed by atoms with E-state index in [9.17, 15) is 0 Å². The fraction of sp³-hybridized carbons (Fsp3) is 0.727. The minimum Gasteiger partial charge on any atom is -0.246 e. The van der Waals surface area contributed by atoms with E-state index in [4.69, 9.17) is 4.98 Å². The van der Waals surface area contributed by atoms with Crippen LogP contribution in [0.15, 0.2) is 0 Å². The molecule has 1 heterocycles. The number of fused-ring (bicyclic) bond motifs is 1. The zero-order valence-corrected chi connectivity index (χ0v) is 9.45. The number of hydrogen-bond donors (Lipinski definition) is 0. The summed E-state index contributed by atoms with van der Waals surface area (Å²) in [5, 5.41) is 1.33. The number of aromatic nitrogens is 1. The SMILES string of the molecule is CCc1nc2c(s1)CCC2C(C)C. The van der Waals surface area contributed by atoms with Crippen molar-refractivity contribution in [1.29, 1.82) is 0 Å². The maximum Gasteiger partial charge on any atom is 0.0928 e. The molecule has 1 aliphatic rings. The van der Waals surface area contributed by atoms with Gasteiger partial charge in [0.25, 0.3) is 0 Å². The van der Waals surface area contributed by atoms with Gasteiger partial charge in [0.15, 0.2) is 0 Å². The van der Waals surface area contributed by atoms with Crippen molar-refractivity contribution in [2.45, 2.75) is 46.0 Å². The van der Waals surface area contributed by atoms with Gasteiger partial charge in [-0.05, 0) is 25.2 Å². The highest BCUT2D eigenvalue weighted by molar-refractivity contribution is 7.11. The topological polar surface area (TPSA) is 12.9 Å². The van der Waals surface area contributed by atoms with Crippen molar-refractivity contribution in [3.8, 4) is 0 Å². The van der Waals surface area contributed by atoms with Crippen LogP contribution in [0, 0.1) is 5.92 Å². The van der Waals surface area contributed by atoms with Crippen LogP contribution in [0.2, 0.25) is 0 Å². The summed E-state index contributed by atoms with van der Waals surface area (Å²) >= 11 is 1.93. The third-order valence-corrected chi connectivity index (χ3v) is 4.19. The smallest absolute Gasteiger partial charge is 0.0928 e. The largest absolute Gasteiger partial charge is 0.246 e. The fourth-order valence-corrected chi connectivity index (χ4v) is 3.20. The van der Waals surface area contributed by atoms with Crippen molar-refractivity contribution < 1.29 is 0 Å². The van der Waals surface area contributed by atoms with Crippen LogP contribution >= 0.6 is 11.3 Å². The van der Waals surface area contributed by atoms with E-state index >= 15 is 0 Å². The molecule has 1 aliphatic carbocycles. The Bertz CT molecular complexity index is 301. The van der Waals surface area contributed by atoms with Crippen molar-refractivity contribution >= 4 is 11.3 Å². The number of hydrogen-bond acceptors (Lipinski definition) is 2. The molecule has 1 unspecified atom stereocenters. The van der Waals surface area contributed by atoms with Gasteiger partial charge < -0.3 is 0 Å². The predicted molar refractivity (Wildman–Crippen MR) is 57.4 cm³/mol. The first-order valence-electron chi connectivity index (χ1n) is 5.20. The molecule has 13 heavy (non-hydrogen) atoms. The lowest BCUT2D eigenvalue weighted by atomic mass is 9.94. The highest BCUT2D eigenvalue weighted by Gasteiger charge is 2.28. The van der Waals surface area contributed by atoms with E-state index in [-0.39, 0.29) is 0 Å². The minimum absolute atomic E-state index is 0.742. The van der Waals surface area contributed by atoms with Gasteiger partial charge in [0.1, 0.15) is 0 Å². The third kappa shape index (κ3) is 1.52. The zero-order valence-electron chi connectivity index (χ0n) is 8.63. The molecule has 0 fully saturated rings. The zero-order chi connectivity index (χ0) is 9.42. The van der Waals surface area contributed by atoms with E-state index < -0.39 is 0 Å². The molecule has 0 amide bonds. The summed E-state index contributed by atoms with van der Waals surface area (Å²) in [5.74, 6) is 1.50. The molecular weight excluding hydrogens is 178 g/mol. The average molecular weight is 195 g/mol. The summed E-state index contributed by atoms with van der Waals surface area (Å²) in [7, 11) is 0. The van der Waals surface area contributed by atoms with Gasteiger partial charge in [-0.1, -0.05) is 20.8 Å². The van der Waals surface area contributed by atoms with Crippen molar-refractivity contribution in [3.63, 3.8) is 0 Å². The van der Waals surface area contributed by atoms with Crippen molar-refractivity contribution in [1.82, 2.24) is 4.98 Å². The molecular formula is C11H17NS. The lowest BCUT2D eigenvalue weighted by molar-refractivity contribution is 0.487. The Balaban J connectivity index is 2.30. The second-order valence-corrected chi connectivity index (χ2v) is 5.33. The van der Waals surface area contributed by atoms with E-state index in [1.54, 1.807) is 4.88 Å². The summed E-state index contributed by atoms with van der Waals surface area (Å²) in [6, 6.07) is 0. The molecule has 2 heteroatoms. The first-order valence-corrected chi connectivity index (χ1v) is 6.02. The van der Waals surface area contributed by atoms with Crippen molar-refractivity contribution in [2.75, 3.05) is 0 Å². The maximum absolute atomic E-state index is 4.73. The summed E-state index contributed by atoms with van der Waals surface area (Å²) in [6.45, 7) is 6.81. The summed E-state index contributed by atoms with van der Waals surface area (Å²) in [6.07, 6.45) is 3.70. The van der Waals surface area contributed by atoms with Gasteiger partial charge in [-0.3, -0.25) is 0 Å². The molecule has 0 saturated carbocycles. The summed E-state index contributed by atoms with van der Waals surface area (Å²) < 4.78 is 0.